The first-order valence-electron chi connectivity index (χ1n) is 10.6. The van der Waals surface area contributed by atoms with E-state index in [0.29, 0.717) is 5.92 Å². The standard InChI is InChI=1S/C20H40N4O2.HI/c1-4-21-20(24-11-9-23(10-12-24)16-18(2)3)22-8-5-13-26-17-19-6-14-25-15-7-19;/h18-19H,4-17H2,1-3H3,(H,21,22);1H. The number of aliphatic imine (C=N–C) groups is 1. The van der Waals surface area contributed by atoms with Crippen molar-refractivity contribution >= 4 is 29.9 Å². The van der Waals surface area contributed by atoms with Crippen LogP contribution in [0.2, 0.25) is 0 Å². The molecule has 0 saturated carbocycles. The van der Waals surface area contributed by atoms with Crippen molar-refractivity contribution < 1.29 is 9.47 Å². The fourth-order valence-electron chi connectivity index (χ4n) is 3.60. The highest BCUT2D eigenvalue weighted by molar-refractivity contribution is 14.0. The molecule has 0 atom stereocenters. The van der Waals surface area contributed by atoms with Crippen molar-refractivity contribution in [2.24, 2.45) is 16.8 Å². The molecule has 6 nitrogen and oxygen atoms in total. The maximum Gasteiger partial charge on any atom is 0.194 e. The average Bonchev–Trinajstić information content (AvgIpc) is 2.65. The molecule has 2 rings (SSSR count). The maximum atomic E-state index is 5.85. The summed E-state index contributed by atoms with van der Waals surface area (Å²) >= 11 is 0. The van der Waals surface area contributed by atoms with Crippen molar-refractivity contribution in [2.45, 2.75) is 40.0 Å². The Morgan fingerprint density at radius 2 is 1.89 bits per heavy atom. The summed E-state index contributed by atoms with van der Waals surface area (Å²) in [6.45, 7) is 17.6. The second-order valence-electron chi connectivity index (χ2n) is 7.90. The molecule has 0 spiro atoms. The SMILES string of the molecule is CCNC(=NCCCOCC1CCOCC1)N1CCN(CC(C)C)CC1.I. The van der Waals surface area contributed by atoms with E-state index in [4.69, 9.17) is 14.5 Å². The lowest BCUT2D eigenvalue weighted by Crippen LogP contribution is -2.53. The lowest BCUT2D eigenvalue weighted by atomic mass is 10.0. The molecule has 2 heterocycles. The van der Waals surface area contributed by atoms with Crippen LogP contribution in [-0.2, 0) is 9.47 Å². The summed E-state index contributed by atoms with van der Waals surface area (Å²) in [5.74, 6) is 2.50. The zero-order chi connectivity index (χ0) is 18.6. The Morgan fingerprint density at radius 1 is 1.19 bits per heavy atom. The van der Waals surface area contributed by atoms with E-state index >= 15 is 0 Å². The predicted molar refractivity (Wildman–Crippen MR) is 123 cm³/mol. The van der Waals surface area contributed by atoms with Crippen LogP contribution in [0.25, 0.3) is 0 Å². The Bertz CT molecular complexity index is 395. The van der Waals surface area contributed by atoms with Gasteiger partial charge in [-0.2, -0.15) is 0 Å². The molecule has 160 valence electrons. The molecule has 2 saturated heterocycles. The zero-order valence-electron chi connectivity index (χ0n) is 17.6. The highest BCUT2D eigenvalue weighted by Crippen LogP contribution is 2.14. The van der Waals surface area contributed by atoms with Gasteiger partial charge in [-0.25, -0.2) is 0 Å². The summed E-state index contributed by atoms with van der Waals surface area (Å²) in [7, 11) is 0. The van der Waals surface area contributed by atoms with Gasteiger partial charge in [-0.05, 0) is 38.0 Å². The quantitative estimate of drug-likeness (QED) is 0.230. The Morgan fingerprint density at radius 3 is 2.52 bits per heavy atom. The lowest BCUT2D eigenvalue weighted by Gasteiger charge is -2.37. The Kier molecular flexibility index (Phi) is 13.7. The minimum Gasteiger partial charge on any atom is -0.381 e. The first kappa shape index (κ1) is 24.9. The molecule has 0 radical (unpaired) electrons. The number of nitrogens with zero attached hydrogens (tertiary/aromatic N) is 3. The van der Waals surface area contributed by atoms with Gasteiger partial charge in [-0.15, -0.1) is 24.0 Å². The zero-order valence-corrected chi connectivity index (χ0v) is 20.0. The highest BCUT2D eigenvalue weighted by atomic mass is 127. The van der Waals surface area contributed by atoms with Crippen LogP contribution in [0.3, 0.4) is 0 Å². The van der Waals surface area contributed by atoms with Crippen LogP contribution in [0.1, 0.15) is 40.0 Å². The van der Waals surface area contributed by atoms with Crippen molar-refractivity contribution in [3.8, 4) is 0 Å². The van der Waals surface area contributed by atoms with E-state index in [1.54, 1.807) is 0 Å². The van der Waals surface area contributed by atoms with Crippen LogP contribution in [0.15, 0.2) is 4.99 Å². The number of rotatable bonds is 9. The van der Waals surface area contributed by atoms with Crippen molar-refractivity contribution in [1.29, 1.82) is 0 Å². The fourth-order valence-corrected chi connectivity index (χ4v) is 3.60. The molecule has 27 heavy (non-hydrogen) atoms. The molecule has 0 aromatic carbocycles. The summed E-state index contributed by atoms with van der Waals surface area (Å²) in [6, 6.07) is 0. The van der Waals surface area contributed by atoms with Crippen molar-refractivity contribution in [1.82, 2.24) is 15.1 Å². The molecule has 7 heteroatoms. The number of hydrogen-bond acceptors (Lipinski definition) is 4. The number of nitrogens with one attached hydrogen (secondary N) is 1. The molecular formula is C20H41IN4O2. The third kappa shape index (κ3) is 10.3. The number of guanidine groups is 1. The van der Waals surface area contributed by atoms with Crippen LogP contribution in [-0.4, -0.2) is 88.0 Å². The largest absolute Gasteiger partial charge is 0.381 e. The smallest absolute Gasteiger partial charge is 0.194 e. The summed E-state index contributed by atoms with van der Waals surface area (Å²) < 4.78 is 11.2. The van der Waals surface area contributed by atoms with Crippen molar-refractivity contribution in [2.75, 3.05) is 72.2 Å². The molecule has 2 aliphatic rings. The van der Waals surface area contributed by atoms with E-state index in [0.717, 1.165) is 96.8 Å². The average molecular weight is 496 g/mol. The second-order valence-corrected chi connectivity index (χ2v) is 7.90. The van der Waals surface area contributed by atoms with E-state index in [1.165, 1.54) is 6.54 Å². The molecule has 2 aliphatic heterocycles. The molecule has 0 aromatic heterocycles. The number of halogens is 1. The van der Waals surface area contributed by atoms with Crippen LogP contribution in [0.4, 0.5) is 0 Å². The summed E-state index contributed by atoms with van der Waals surface area (Å²) in [4.78, 5) is 9.79. The number of piperazine rings is 1. The van der Waals surface area contributed by atoms with E-state index in [2.05, 4.69) is 35.9 Å². The van der Waals surface area contributed by atoms with Crippen molar-refractivity contribution in [3.63, 3.8) is 0 Å². The minimum atomic E-state index is 0. The van der Waals surface area contributed by atoms with E-state index < -0.39 is 0 Å². The fraction of sp³-hybridized carbons (Fsp3) is 0.950. The van der Waals surface area contributed by atoms with Gasteiger partial charge in [0, 0.05) is 72.2 Å². The van der Waals surface area contributed by atoms with E-state index in [1.807, 2.05) is 0 Å². The third-order valence-electron chi connectivity index (χ3n) is 5.03. The summed E-state index contributed by atoms with van der Waals surface area (Å²) in [5.41, 5.74) is 0. The normalized spacial score (nSPS) is 20.0. The predicted octanol–water partition coefficient (Wildman–Crippen LogP) is 2.68. The summed E-state index contributed by atoms with van der Waals surface area (Å²) in [6.07, 6.45) is 3.28. The van der Waals surface area contributed by atoms with Gasteiger partial charge in [0.25, 0.3) is 0 Å². The van der Waals surface area contributed by atoms with Crippen LogP contribution < -0.4 is 5.32 Å². The van der Waals surface area contributed by atoms with Gasteiger partial charge >= 0.3 is 0 Å². The Hall–Kier alpha value is -0.120. The van der Waals surface area contributed by atoms with Crippen LogP contribution in [0, 0.1) is 11.8 Å². The van der Waals surface area contributed by atoms with Gasteiger partial charge < -0.3 is 19.7 Å². The molecule has 2 fully saturated rings. The van der Waals surface area contributed by atoms with Gasteiger partial charge in [-0.1, -0.05) is 13.8 Å². The van der Waals surface area contributed by atoms with E-state index in [9.17, 15) is 0 Å². The second kappa shape index (κ2) is 14.8. The lowest BCUT2D eigenvalue weighted by molar-refractivity contribution is 0.0205. The monoisotopic (exact) mass is 496 g/mol. The van der Waals surface area contributed by atoms with Crippen LogP contribution >= 0.6 is 24.0 Å². The maximum absolute atomic E-state index is 5.85. The first-order valence-corrected chi connectivity index (χ1v) is 10.6. The Labute approximate surface area is 183 Å². The van der Waals surface area contributed by atoms with Crippen molar-refractivity contribution in [3.05, 3.63) is 0 Å². The molecule has 1 N–H and O–H groups in total. The summed E-state index contributed by atoms with van der Waals surface area (Å²) in [5, 5.41) is 3.45. The van der Waals surface area contributed by atoms with Gasteiger partial charge in [0.2, 0.25) is 0 Å². The molecule has 0 unspecified atom stereocenters. The van der Waals surface area contributed by atoms with Gasteiger partial charge in [0.15, 0.2) is 5.96 Å². The van der Waals surface area contributed by atoms with Crippen LogP contribution in [0.5, 0.6) is 0 Å². The highest BCUT2D eigenvalue weighted by Gasteiger charge is 2.19. The number of hydrogen-bond donors (Lipinski definition) is 1. The molecular weight excluding hydrogens is 455 g/mol. The van der Waals surface area contributed by atoms with E-state index in [-0.39, 0.29) is 24.0 Å². The molecule has 0 aromatic rings. The first-order chi connectivity index (χ1) is 12.7. The third-order valence-corrected chi connectivity index (χ3v) is 5.03. The molecule has 0 amide bonds. The van der Waals surface area contributed by atoms with Gasteiger partial charge in [-0.3, -0.25) is 9.89 Å². The Balaban J connectivity index is 0.00000364. The van der Waals surface area contributed by atoms with Gasteiger partial charge in [0.1, 0.15) is 0 Å². The molecule has 0 aliphatic carbocycles. The minimum absolute atomic E-state index is 0. The topological polar surface area (TPSA) is 49.3 Å². The van der Waals surface area contributed by atoms with Gasteiger partial charge in [0.05, 0.1) is 0 Å². The molecule has 0 bridgehead atoms. The number of ether oxygens (including phenoxy) is 2.